The molecule has 1 aliphatic heterocycles. The van der Waals surface area contributed by atoms with Gasteiger partial charge in [-0.15, -0.1) is 0 Å². The highest BCUT2D eigenvalue weighted by molar-refractivity contribution is 6.30. The number of nitrogens with zero attached hydrogens (tertiary/aromatic N) is 3. The number of carboxylic acids is 1. The molecule has 0 saturated heterocycles. The number of pyridine rings is 1. The number of fused-ring (bicyclic) bond motifs is 1. The number of aliphatic carboxylic acids is 1. The maximum absolute atomic E-state index is 13.4. The van der Waals surface area contributed by atoms with Crippen LogP contribution in [0.3, 0.4) is 0 Å². The average molecular weight is 456 g/mol. The monoisotopic (exact) mass is 455 g/mol. The van der Waals surface area contributed by atoms with E-state index in [0.717, 1.165) is 5.39 Å². The highest BCUT2D eigenvalue weighted by Gasteiger charge is 2.35. The van der Waals surface area contributed by atoms with Crippen LogP contribution in [0.2, 0.25) is 5.15 Å². The number of carbonyl (C=O) groups excluding carboxylic acids is 1. The van der Waals surface area contributed by atoms with E-state index in [4.69, 9.17) is 21.4 Å². The number of hydrazone groups is 1. The number of aromatic nitrogens is 1. The molecule has 0 fully saturated rings. The SMILES string of the molecule is COc1ccc2nc(Cl)c([C@@H]3CC(c4ccc(F)cc4)=NN3C(=O)CCC(=O)O)cc2c1. The van der Waals surface area contributed by atoms with Crippen LogP contribution in [0, 0.1) is 5.82 Å². The van der Waals surface area contributed by atoms with Gasteiger partial charge in [-0.25, -0.2) is 14.4 Å². The molecule has 4 rings (SSSR count). The summed E-state index contributed by atoms with van der Waals surface area (Å²) in [7, 11) is 1.56. The standard InChI is InChI=1S/C23H19ClFN3O4/c1-32-16-6-7-18-14(10-16)11-17(23(24)26-18)20-12-19(13-2-4-15(25)5-3-13)27-28(20)21(29)8-9-22(30)31/h2-7,10-11,20H,8-9,12H2,1H3,(H,30,31)/t20-/m0/s1. The molecule has 2 heterocycles. The molecule has 1 atom stereocenters. The molecule has 0 saturated carbocycles. The van der Waals surface area contributed by atoms with Crippen molar-refractivity contribution < 1.29 is 23.8 Å². The number of benzene rings is 2. The van der Waals surface area contributed by atoms with Crippen molar-refractivity contribution >= 4 is 40.1 Å². The van der Waals surface area contributed by atoms with E-state index in [0.29, 0.717) is 34.5 Å². The van der Waals surface area contributed by atoms with Crippen LogP contribution in [0.15, 0.2) is 53.6 Å². The van der Waals surface area contributed by atoms with Crippen molar-refractivity contribution in [3.05, 3.63) is 70.6 Å². The second kappa shape index (κ2) is 8.92. The number of halogens is 2. The third-order valence-corrected chi connectivity index (χ3v) is 5.56. The third-order valence-electron chi connectivity index (χ3n) is 5.26. The lowest BCUT2D eigenvalue weighted by molar-refractivity contribution is -0.141. The highest BCUT2D eigenvalue weighted by atomic mass is 35.5. The number of hydrogen-bond donors (Lipinski definition) is 1. The number of rotatable bonds is 6. The van der Waals surface area contributed by atoms with Crippen LogP contribution < -0.4 is 4.74 Å². The second-order valence-electron chi connectivity index (χ2n) is 7.33. The predicted octanol–water partition coefficient (Wildman–Crippen LogP) is 4.58. The number of amides is 1. The first-order valence-electron chi connectivity index (χ1n) is 9.87. The first-order valence-corrected chi connectivity index (χ1v) is 10.2. The molecule has 164 valence electrons. The summed E-state index contributed by atoms with van der Waals surface area (Å²) in [6.45, 7) is 0. The summed E-state index contributed by atoms with van der Waals surface area (Å²) in [6, 6.07) is 12.4. The lowest BCUT2D eigenvalue weighted by Crippen LogP contribution is -2.27. The molecule has 2 aromatic carbocycles. The van der Waals surface area contributed by atoms with Crippen molar-refractivity contribution in [1.29, 1.82) is 0 Å². The molecule has 0 bridgehead atoms. The topological polar surface area (TPSA) is 92.1 Å². The summed E-state index contributed by atoms with van der Waals surface area (Å²) in [5, 5.41) is 15.7. The molecule has 3 aromatic rings. The van der Waals surface area contributed by atoms with Crippen molar-refractivity contribution in [3.8, 4) is 5.75 Å². The zero-order valence-corrected chi connectivity index (χ0v) is 17.8. The van der Waals surface area contributed by atoms with E-state index in [9.17, 15) is 14.0 Å². The largest absolute Gasteiger partial charge is 0.497 e. The molecule has 0 aliphatic carbocycles. The van der Waals surface area contributed by atoms with Gasteiger partial charge in [0.2, 0.25) is 5.91 Å². The van der Waals surface area contributed by atoms with Crippen LogP contribution in [0.25, 0.3) is 10.9 Å². The molecule has 1 amide bonds. The Hall–Kier alpha value is -3.52. The lowest BCUT2D eigenvalue weighted by Gasteiger charge is -2.23. The first kappa shape index (κ1) is 21.7. The normalized spacial score (nSPS) is 15.7. The molecule has 7 nitrogen and oxygen atoms in total. The second-order valence-corrected chi connectivity index (χ2v) is 7.69. The van der Waals surface area contributed by atoms with E-state index in [1.54, 1.807) is 31.4 Å². The van der Waals surface area contributed by atoms with Gasteiger partial charge in [0.05, 0.1) is 30.8 Å². The van der Waals surface area contributed by atoms with Gasteiger partial charge in [0.1, 0.15) is 16.7 Å². The Labute approximate surface area is 188 Å². The van der Waals surface area contributed by atoms with Gasteiger partial charge in [0.25, 0.3) is 0 Å². The smallest absolute Gasteiger partial charge is 0.303 e. The van der Waals surface area contributed by atoms with E-state index in [-0.39, 0.29) is 23.8 Å². The third kappa shape index (κ3) is 4.40. The van der Waals surface area contributed by atoms with E-state index in [2.05, 4.69) is 10.1 Å². The predicted molar refractivity (Wildman–Crippen MR) is 117 cm³/mol. The van der Waals surface area contributed by atoms with E-state index in [1.165, 1.54) is 17.1 Å². The number of ether oxygens (including phenoxy) is 1. The van der Waals surface area contributed by atoms with Gasteiger partial charge >= 0.3 is 5.97 Å². The van der Waals surface area contributed by atoms with Crippen molar-refractivity contribution in [3.63, 3.8) is 0 Å². The fourth-order valence-corrected chi connectivity index (χ4v) is 3.91. The fraction of sp³-hybridized carbons (Fsp3) is 0.217. The molecular formula is C23H19ClFN3O4. The molecular weight excluding hydrogens is 437 g/mol. The van der Waals surface area contributed by atoms with Crippen LogP contribution in [-0.2, 0) is 9.59 Å². The molecule has 1 aliphatic rings. The molecule has 0 radical (unpaired) electrons. The van der Waals surface area contributed by atoms with Crippen LogP contribution in [0.5, 0.6) is 5.75 Å². The lowest BCUT2D eigenvalue weighted by atomic mass is 9.98. The van der Waals surface area contributed by atoms with Gasteiger partial charge in [-0.1, -0.05) is 23.7 Å². The molecule has 1 N–H and O–H groups in total. The van der Waals surface area contributed by atoms with Gasteiger partial charge in [-0.3, -0.25) is 9.59 Å². The minimum absolute atomic E-state index is 0.210. The van der Waals surface area contributed by atoms with Crippen molar-refractivity contribution in [1.82, 2.24) is 9.99 Å². The van der Waals surface area contributed by atoms with Gasteiger partial charge in [-0.2, -0.15) is 5.10 Å². The van der Waals surface area contributed by atoms with E-state index >= 15 is 0 Å². The Morgan fingerprint density at radius 1 is 1.19 bits per heavy atom. The molecule has 0 unspecified atom stereocenters. The molecule has 0 spiro atoms. The van der Waals surface area contributed by atoms with Crippen LogP contribution in [-0.4, -0.2) is 39.8 Å². The van der Waals surface area contributed by atoms with E-state index in [1.807, 2.05) is 12.1 Å². The number of carboxylic acid groups (broad SMARTS) is 1. The minimum atomic E-state index is -1.07. The Balaban J connectivity index is 1.74. The van der Waals surface area contributed by atoms with Crippen LogP contribution in [0.1, 0.15) is 36.4 Å². The summed E-state index contributed by atoms with van der Waals surface area (Å²) in [4.78, 5) is 28.3. The summed E-state index contributed by atoms with van der Waals surface area (Å²) >= 11 is 6.49. The number of methoxy groups -OCH3 is 1. The fourth-order valence-electron chi connectivity index (χ4n) is 3.64. The van der Waals surface area contributed by atoms with Crippen LogP contribution >= 0.6 is 11.6 Å². The first-order chi connectivity index (χ1) is 15.4. The zero-order valence-electron chi connectivity index (χ0n) is 17.1. The van der Waals surface area contributed by atoms with Crippen LogP contribution in [0.4, 0.5) is 4.39 Å². The Bertz CT molecular complexity index is 1230. The minimum Gasteiger partial charge on any atom is -0.497 e. The molecule has 1 aromatic heterocycles. The maximum Gasteiger partial charge on any atom is 0.303 e. The average Bonchev–Trinajstić information content (AvgIpc) is 3.22. The zero-order chi connectivity index (χ0) is 22.8. The maximum atomic E-state index is 13.4. The quantitative estimate of drug-likeness (QED) is 0.549. The summed E-state index contributed by atoms with van der Waals surface area (Å²) in [5.41, 5.74) is 2.48. The Kier molecular flexibility index (Phi) is 6.05. The van der Waals surface area contributed by atoms with Crippen molar-refractivity contribution in [2.45, 2.75) is 25.3 Å². The highest BCUT2D eigenvalue weighted by Crippen LogP contribution is 2.38. The van der Waals surface area contributed by atoms with Gasteiger partial charge in [0, 0.05) is 23.8 Å². The Morgan fingerprint density at radius 3 is 2.62 bits per heavy atom. The molecule has 32 heavy (non-hydrogen) atoms. The van der Waals surface area contributed by atoms with E-state index < -0.39 is 17.9 Å². The van der Waals surface area contributed by atoms with Gasteiger partial charge in [-0.05, 0) is 42.0 Å². The van der Waals surface area contributed by atoms with Gasteiger partial charge < -0.3 is 9.84 Å². The summed E-state index contributed by atoms with van der Waals surface area (Å²) in [6.07, 6.45) is -0.204. The van der Waals surface area contributed by atoms with Gasteiger partial charge in [0.15, 0.2) is 0 Å². The van der Waals surface area contributed by atoms with Crippen molar-refractivity contribution in [2.75, 3.05) is 7.11 Å². The number of carbonyl (C=O) groups is 2. The number of hydrogen-bond acceptors (Lipinski definition) is 5. The Morgan fingerprint density at radius 2 is 1.94 bits per heavy atom. The van der Waals surface area contributed by atoms with Crippen molar-refractivity contribution in [2.24, 2.45) is 5.10 Å². The summed E-state index contributed by atoms with van der Waals surface area (Å²) < 4.78 is 18.6. The summed E-state index contributed by atoms with van der Waals surface area (Å²) in [5.74, 6) is -1.25. The molecule has 9 heteroatoms.